The van der Waals surface area contributed by atoms with Gasteiger partial charge >= 0.3 is 0 Å². The van der Waals surface area contributed by atoms with Crippen LogP contribution in [0.15, 0.2) is 42.5 Å². The third-order valence-corrected chi connectivity index (χ3v) is 4.73. The van der Waals surface area contributed by atoms with Crippen molar-refractivity contribution in [3.8, 4) is 11.5 Å². The summed E-state index contributed by atoms with van der Waals surface area (Å²) in [6, 6.07) is 10.3. The molecule has 0 bridgehead atoms. The van der Waals surface area contributed by atoms with Crippen molar-refractivity contribution >= 4 is 69.4 Å². The number of halogens is 3. The van der Waals surface area contributed by atoms with E-state index >= 15 is 0 Å². The van der Waals surface area contributed by atoms with Crippen LogP contribution in [0.4, 0.5) is 11.4 Å². The van der Waals surface area contributed by atoms with Gasteiger partial charge in [0.25, 0.3) is 11.6 Å². The maximum Gasteiger partial charge on any atom is 0.271 e. The van der Waals surface area contributed by atoms with Crippen LogP contribution in [0.2, 0.25) is 0 Å². The molecule has 2 rings (SSSR count). The molecule has 0 unspecified atom stereocenters. The molecule has 3 N–H and O–H groups in total. The number of benzene rings is 2. The Hall–Kier alpha value is -2.53. The van der Waals surface area contributed by atoms with Gasteiger partial charge in [0.05, 0.1) is 24.8 Å². The number of nitro groups is 1. The summed E-state index contributed by atoms with van der Waals surface area (Å²) in [5.41, 5.74) is 0.284. The molecule has 2 aromatic rings. The van der Waals surface area contributed by atoms with Crippen LogP contribution < -0.4 is 25.4 Å². The lowest BCUT2D eigenvalue weighted by atomic mass is 10.2. The minimum absolute atomic E-state index is 0.0823. The summed E-state index contributed by atoms with van der Waals surface area (Å²) in [6.45, 7) is 0. The number of hydrogen-bond acceptors (Lipinski definition) is 6. The van der Waals surface area contributed by atoms with Crippen molar-refractivity contribution in [3.63, 3.8) is 0 Å². The molecule has 0 aliphatic carbocycles. The molecular weight excluding hydrogens is 491 g/mol. The van der Waals surface area contributed by atoms with Gasteiger partial charge in [0.2, 0.25) is 3.79 Å². The average Bonchev–Trinajstić information content (AvgIpc) is 2.72. The van der Waals surface area contributed by atoms with Crippen LogP contribution in [0.3, 0.4) is 0 Å². The van der Waals surface area contributed by atoms with E-state index in [1.807, 2.05) is 0 Å². The summed E-state index contributed by atoms with van der Waals surface area (Å²) in [5.74, 6) is 0.208. The zero-order valence-electron chi connectivity index (χ0n) is 16.1. The summed E-state index contributed by atoms with van der Waals surface area (Å²) in [6.07, 6.45) is -1.25. The summed E-state index contributed by atoms with van der Waals surface area (Å²) >= 11 is 23.2. The highest BCUT2D eigenvalue weighted by atomic mass is 35.6. The van der Waals surface area contributed by atoms with Crippen molar-refractivity contribution in [3.05, 3.63) is 58.1 Å². The average molecular weight is 508 g/mol. The number of nitrogens with zero attached hydrogens (tertiary/aromatic N) is 1. The number of thiocarbonyl (C=S) groups is 1. The molecule has 0 saturated carbocycles. The van der Waals surface area contributed by atoms with Crippen molar-refractivity contribution in [1.29, 1.82) is 0 Å². The molecule has 0 saturated heterocycles. The van der Waals surface area contributed by atoms with Crippen LogP contribution in [0.5, 0.6) is 11.5 Å². The van der Waals surface area contributed by atoms with Crippen LogP contribution in [-0.2, 0) is 0 Å². The number of methoxy groups -OCH3 is 2. The Kier molecular flexibility index (Phi) is 8.52. The number of alkyl halides is 3. The quantitative estimate of drug-likeness (QED) is 0.169. The normalized spacial score (nSPS) is 11.8. The van der Waals surface area contributed by atoms with Gasteiger partial charge in [-0.1, -0.05) is 40.9 Å². The molecule has 1 amide bonds. The van der Waals surface area contributed by atoms with Gasteiger partial charge in [0.15, 0.2) is 5.11 Å². The van der Waals surface area contributed by atoms with E-state index in [1.54, 1.807) is 18.2 Å². The maximum atomic E-state index is 12.6. The molecule has 9 nitrogen and oxygen atoms in total. The number of non-ortho nitro benzene ring substituents is 1. The Morgan fingerprint density at radius 3 is 2.42 bits per heavy atom. The first-order valence-electron chi connectivity index (χ1n) is 8.46. The number of ether oxygens (including phenoxy) is 2. The van der Waals surface area contributed by atoms with Crippen LogP contribution in [0, 0.1) is 10.1 Å². The molecule has 1 atom stereocenters. The first kappa shape index (κ1) is 24.7. The lowest BCUT2D eigenvalue weighted by molar-refractivity contribution is -0.384. The molecule has 0 spiro atoms. The van der Waals surface area contributed by atoms with Crippen LogP contribution >= 0.6 is 47.0 Å². The first-order chi connectivity index (χ1) is 14.5. The van der Waals surface area contributed by atoms with E-state index < -0.39 is 20.8 Å². The zero-order chi connectivity index (χ0) is 23.2. The van der Waals surface area contributed by atoms with Crippen molar-refractivity contribution in [2.24, 2.45) is 0 Å². The van der Waals surface area contributed by atoms with E-state index in [2.05, 4.69) is 16.0 Å². The Morgan fingerprint density at radius 1 is 1.13 bits per heavy atom. The summed E-state index contributed by atoms with van der Waals surface area (Å²) in [5, 5.41) is 18.9. The van der Waals surface area contributed by atoms with Crippen molar-refractivity contribution in [2.45, 2.75) is 9.96 Å². The number of anilines is 1. The molecule has 0 heterocycles. The van der Waals surface area contributed by atoms with Crippen molar-refractivity contribution in [1.82, 2.24) is 10.6 Å². The van der Waals surface area contributed by atoms with Gasteiger partial charge in [0, 0.05) is 17.7 Å². The molecule has 13 heteroatoms. The van der Waals surface area contributed by atoms with Gasteiger partial charge in [-0.3, -0.25) is 14.9 Å². The molecule has 2 aromatic carbocycles. The number of rotatable bonds is 7. The topological polar surface area (TPSA) is 115 Å². The SMILES string of the molecule is COc1cccc(C(=O)N[C@@H](NC(=S)Nc2cc([N+](=O)[O-])ccc2OC)C(Cl)(Cl)Cl)c1. The van der Waals surface area contributed by atoms with Gasteiger partial charge in [0.1, 0.15) is 17.7 Å². The zero-order valence-corrected chi connectivity index (χ0v) is 19.2. The third kappa shape index (κ3) is 7.00. The second-order valence-corrected chi connectivity index (χ2v) is 8.70. The molecule has 0 aromatic heterocycles. The Morgan fingerprint density at radius 2 is 1.84 bits per heavy atom. The molecule has 0 aliphatic rings. The van der Waals surface area contributed by atoms with Crippen LogP contribution in [0.25, 0.3) is 0 Å². The third-order valence-electron chi connectivity index (χ3n) is 3.85. The smallest absolute Gasteiger partial charge is 0.271 e. The van der Waals surface area contributed by atoms with E-state index in [4.69, 9.17) is 56.5 Å². The summed E-state index contributed by atoms with van der Waals surface area (Å²) in [7, 11) is 2.86. The van der Waals surface area contributed by atoms with Gasteiger partial charge in [-0.25, -0.2) is 0 Å². The molecule has 0 radical (unpaired) electrons. The summed E-state index contributed by atoms with van der Waals surface area (Å²) in [4.78, 5) is 23.0. The predicted octanol–water partition coefficient (Wildman–Crippen LogP) is 4.02. The van der Waals surface area contributed by atoms with Gasteiger partial charge in [-0.15, -0.1) is 0 Å². The second-order valence-electron chi connectivity index (χ2n) is 5.92. The largest absolute Gasteiger partial charge is 0.497 e. The van der Waals surface area contributed by atoms with E-state index in [9.17, 15) is 14.9 Å². The van der Waals surface area contributed by atoms with E-state index in [-0.39, 0.29) is 22.1 Å². The molecule has 0 fully saturated rings. The van der Waals surface area contributed by atoms with Gasteiger partial charge in [-0.05, 0) is 36.5 Å². The molecule has 166 valence electrons. The summed E-state index contributed by atoms with van der Waals surface area (Å²) < 4.78 is 8.26. The fraction of sp³-hybridized carbons (Fsp3) is 0.222. The monoisotopic (exact) mass is 506 g/mol. The number of nitro benzene ring substituents is 1. The van der Waals surface area contributed by atoms with E-state index in [1.165, 1.54) is 38.5 Å². The number of carbonyl (C=O) groups excluding carboxylic acids is 1. The fourth-order valence-electron chi connectivity index (χ4n) is 2.38. The minimum Gasteiger partial charge on any atom is -0.497 e. The Balaban J connectivity index is 2.17. The lowest BCUT2D eigenvalue weighted by Crippen LogP contribution is -2.56. The first-order valence-corrected chi connectivity index (χ1v) is 10.0. The number of nitrogens with one attached hydrogen (secondary N) is 3. The van der Waals surface area contributed by atoms with Crippen LogP contribution in [-0.4, -0.2) is 40.1 Å². The highest BCUT2D eigenvalue weighted by molar-refractivity contribution is 7.80. The predicted molar refractivity (Wildman–Crippen MR) is 124 cm³/mol. The second kappa shape index (κ2) is 10.7. The van der Waals surface area contributed by atoms with Crippen molar-refractivity contribution < 1.29 is 19.2 Å². The highest BCUT2D eigenvalue weighted by Gasteiger charge is 2.35. The van der Waals surface area contributed by atoms with E-state index in [0.29, 0.717) is 11.5 Å². The van der Waals surface area contributed by atoms with E-state index in [0.717, 1.165) is 0 Å². The fourth-order valence-corrected chi connectivity index (χ4v) is 2.93. The number of amides is 1. The molecule has 31 heavy (non-hydrogen) atoms. The Bertz CT molecular complexity index is 987. The minimum atomic E-state index is -1.99. The van der Waals surface area contributed by atoms with Crippen LogP contribution in [0.1, 0.15) is 10.4 Å². The number of hydrogen-bond donors (Lipinski definition) is 3. The van der Waals surface area contributed by atoms with Gasteiger partial charge < -0.3 is 25.4 Å². The standard InChI is InChI=1S/C18H17Cl3N4O5S/c1-29-12-5-3-4-10(8-12)15(26)23-16(18(19,20)21)24-17(31)22-13-9-11(25(27)28)6-7-14(13)30-2/h3-9,16H,1-2H3,(H,23,26)(H2,22,24,31)/t16-/m0/s1. The number of carbonyl (C=O) groups is 1. The molecule has 0 aliphatic heterocycles. The van der Waals surface area contributed by atoms with Gasteiger partial charge in [-0.2, -0.15) is 0 Å². The highest BCUT2D eigenvalue weighted by Crippen LogP contribution is 2.31. The lowest BCUT2D eigenvalue weighted by Gasteiger charge is -2.28. The Labute approximate surface area is 198 Å². The molecular formula is C18H17Cl3N4O5S. The maximum absolute atomic E-state index is 12.6. The van der Waals surface area contributed by atoms with Crippen molar-refractivity contribution in [2.75, 3.05) is 19.5 Å².